The van der Waals surface area contributed by atoms with Crippen LogP contribution >= 0.6 is 11.3 Å². The molecule has 160 valence electrons. The summed E-state index contributed by atoms with van der Waals surface area (Å²) in [5.41, 5.74) is 1.88. The number of anilines is 1. The quantitative estimate of drug-likeness (QED) is 0.568. The highest BCUT2D eigenvalue weighted by Gasteiger charge is 2.47. The number of rotatable bonds is 5. The minimum Gasteiger partial charge on any atom is -0.454 e. The Balaban J connectivity index is 1.23. The second-order valence-corrected chi connectivity index (χ2v) is 8.94. The lowest BCUT2D eigenvalue weighted by atomic mass is 9.85. The van der Waals surface area contributed by atoms with Gasteiger partial charge in [-0.2, -0.15) is 0 Å². The van der Waals surface area contributed by atoms with E-state index >= 15 is 0 Å². The summed E-state index contributed by atoms with van der Waals surface area (Å²) < 4.78 is 10.8. The molecule has 1 aromatic heterocycles. The summed E-state index contributed by atoms with van der Waals surface area (Å²) in [6.45, 7) is 1.84. The first kappa shape index (κ1) is 19.7. The predicted octanol–water partition coefficient (Wildman–Crippen LogP) is 2.66. The van der Waals surface area contributed by atoms with Crippen LogP contribution in [0.3, 0.4) is 0 Å². The van der Waals surface area contributed by atoms with E-state index in [0.29, 0.717) is 24.4 Å². The van der Waals surface area contributed by atoms with Gasteiger partial charge < -0.3 is 14.8 Å². The van der Waals surface area contributed by atoms with Gasteiger partial charge in [0.1, 0.15) is 6.54 Å². The smallest absolute Gasteiger partial charge is 0.246 e. The number of allylic oxidation sites excluding steroid dienone is 2. The zero-order valence-electron chi connectivity index (χ0n) is 16.9. The molecule has 1 saturated heterocycles. The van der Waals surface area contributed by atoms with Gasteiger partial charge in [-0.15, -0.1) is 11.3 Å². The van der Waals surface area contributed by atoms with E-state index in [9.17, 15) is 14.4 Å². The van der Waals surface area contributed by atoms with Crippen molar-refractivity contribution in [1.29, 1.82) is 0 Å². The average molecular weight is 439 g/mol. The molecule has 2 atom stereocenters. The molecule has 2 unspecified atom stereocenters. The van der Waals surface area contributed by atoms with Crippen molar-refractivity contribution in [2.45, 2.75) is 26.2 Å². The number of fused-ring (bicyclic) bond motifs is 2. The first-order valence-corrected chi connectivity index (χ1v) is 11.0. The summed E-state index contributed by atoms with van der Waals surface area (Å²) >= 11 is 1.38. The van der Waals surface area contributed by atoms with Gasteiger partial charge in [0, 0.05) is 11.3 Å². The lowest BCUT2D eigenvalue weighted by Gasteiger charge is -2.14. The molecule has 5 rings (SSSR count). The van der Waals surface area contributed by atoms with Crippen LogP contribution in [-0.4, -0.2) is 40.9 Å². The van der Waals surface area contributed by atoms with Gasteiger partial charge in [-0.05, 0) is 37.5 Å². The number of aromatic nitrogens is 1. The van der Waals surface area contributed by atoms with Crippen LogP contribution in [0.2, 0.25) is 0 Å². The van der Waals surface area contributed by atoms with Gasteiger partial charge in [0.05, 0.1) is 17.5 Å². The van der Waals surface area contributed by atoms with Crippen molar-refractivity contribution in [3.05, 3.63) is 46.5 Å². The Morgan fingerprint density at radius 3 is 2.61 bits per heavy atom. The van der Waals surface area contributed by atoms with Crippen molar-refractivity contribution in [3.63, 3.8) is 0 Å². The summed E-state index contributed by atoms with van der Waals surface area (Å²) in [6.07, 6.45) is 5.62. The van der Waals surface area contributed by atoms with Crippen LogP contribution in [0, 0.1) is 18.8 Å². The molecule has 8 nitrogen and oxygen atoms in total. The van der Waals surface area contributed by atoms with Crippen LogP contribution in [0.1, 0.15) is 29.0 Å². The molecule has 3 amide bonds. The zero-order valence-corrected chi connectivity index (χ0v) is 17.7. The van der Waals surface area contributed by atoms with Crippen molar-refractivity contribution in [2.75, 3.05) is 18.7 Å². The van der Waals surface area contributed by atoms with Crippen LogP contribution in [0.25, 0.3) is 0 Å². The van der Waals surface area contributed by atoms with Gasteiger partial charge in [-0.3, -0.25) is 19.3 Å². The van der Waals surface area contributed by atoms with Crippen molar-refractivity contribution in [3.8, 4) is 11.5 Å². The first-order valence-electron chi connectivity index (χ1n) is 10.1. The molecule has 31 heavy (non-hydrogen) atoms. The highest BCUT2D eigenvalue weighted by atomic mass is 32.1. The fourth-order valence-corrected chi connectivity index (χ4v) is 5.22. The number of thiazole rings is 1. The molecule has 2 aromatic rings. The summed E-state index contributed by atoms with van der Waals surface area (Å²) in [6, 6.07) is 5.80. The molecule has 1 N–H and O–H groups in total. The Kier molecular flexibility index (Phi) is 4.97. The van der Waals surface area contributed by atoms with E-state index in [1.807, 2.05) is 37.3 Å². The second-order valence-electron chi connectivity index (χ2n) is 7.86. The van der Waals surface area contributed by atoms with Gasteiger partial charge in [0.25, 0.3) is 0 Å². The van der Waals surface area contributed by atoms with Crippen LogP contribution in [0.5, 0.6) is 11.5 Å². The van der Waals surface area contributed by atoms with Gasteiger partial charge >= 0.3 is 0 Å². The Labute approximate surface area is 182 Å². The topological polar surface area (TPSA) is 97.8 Å². The molecule has 1 fully saturated rings. The number of imide groups is 1. The van der Waals surface area contributed by atoms with Crippen LogP contribution in [-0.2, 0) is 20.8 Å². The number of hydrogen-bond donors (Lipinski definition) is 1. The van der Waals surface area contributed by atoms with Crippen LogP contribution in [0.4, 0.5) is 5.13 Å². The molecule has 1 aromatic carbocycles. The number of hydrogen-bond acceptors (Lipinski definition) is 7. The van der Waals surface area contributed by atoms with Gasteiger partial charge in [0.2, 0.25) is 24.5 Å². The van der Waals surface area contributed by atoms with E-state index in [1.165, 1.54) is 11.3 Å². The van der Waals surface area contributed by atoms with Crippen molar-refractivity contribution >= 4 is 34.2 Å². The number of benzene rings is 1. The van der Waals surface area contributed by atoms with E-state index in [-0.39, 0.29) is 37.0 Å². The minimum absolute atomic E-state index is 0.231. The molecular weight excluding hydrogens is 418 g/mol. The van der Waals surface area contributed by atoms with Crippen LogP contribution in [0.15, 0.2) is 30.4 Å². The van der Waals surface area contributed by atoms with Gasteiger partial charge in [-0.25, -0.2) is 4.98 Å². The molecule has 0 radical (unpaired) electrons. The number of carbonyl (C=O) groups is 3. The number of nitrogens with zero attached hydrogens (tertiary/aromatic N) is 2. The third kappa shape index (κ3) is 3.69. The molecule has 9 heteroatoms. The fraction of sp³-hybridized carbons (Fsp3) is 0.364. The fourth-order valence-electron chi connectivity index (χ4n) is 4.21. The Hall–Kier alpha value is -3.20. The number of likely N-dealkylation sites (tertiary alicyclic amines) is 1. The minimum atomic E-state index is -0.420. The number of amides is 3. The third-order valence-electron chi connectivity index (χ3n) is 5.84. The first-order chi connectivity index (χ1) is 15.0. The average Bonchev–Trinajstić information content (AvgIpc) is 3.42. The maximum absolute atomic E-state index is 12.5. The number of nitrogens with one attached hydrogen (secondary N) is 1. The van der Waals surface area contributed by atoms with E-state index in [1.54, 1.807) is 0 Å². The highest BCUT2D eigenvalue weighted by molar-refractivity contribution is 7.15. The standard InChI is InChI=1S/C22H21N3O5S/c1-12-18(9-13-6-7-16-17(8-13)30-11-29-16)31-22(23-12)24-19(26)10-25-20(27)14-4-2-3-5-15(14)21(25)28/h2-3,6-8,14-15H,4-5,9-11H2,1H3,(H,23,24,26). The summed E-state index contributed by atoms with van der Waals surface area (Å²) in [5, 5.41) is 3.20. The van der Waals surface area contributed by atoms with E-state index in [2.05, 4.69) is 10.3 Å². The molecule has 0 bridgehead atoms. The molecule has 3 aliphatic rings. The lowest BCUT2D eigenvalue weighted by Crippen LogP contribution is -2.38. The molecule has 0 spiro atoms. The maximum Gasteiger partial charge on any atom is 0.246 e. The highest BCUT2D eigenvalue weighted by Crippen LogP contribution is 2.36. The summed E-state index contributed by atoms with van der Waals surface area (Å²) in [7, 11) is 0. The monoisotopic (exact) mass is 439 g/mol. The Morgan fingerprint density at radius 1 is 1.16 bits per heavy atom. The zero-order chi connectivity index (χ0) is 21.5. The largest absolute Gasteiger partial charge is 0.454 e. The second kappa shape index (κ2) is 7.81. The summed E-state index contributed by atoms with van der Waals surface area (Å²) in [4.78, 5) is 44.2. The molecule has 3 heterocycles. The van der Waals surface area contributed by atoms with E-state index in [0.717, 1.165) is 32.5 Å². The Morgan fingerprint density at radius 2 is 1.87 bits per heavy atom. The van der Waals surface area contributed by atoms with E-state index < -0.39 is 5.91 Å². The maximum atomic E-state index is 12.5. The number of ether oxygens (including phenoxy) is 2. The van der Waals surface area contributed by atoms with Crippen LogP contribution < -0.4 is 14.8 Å². The van der Waals surface area contributed by atoms with Crippen molar-refractivity contribution in [2.24, 2.45) is 11.8 Å². The van der Waals surface area contributed by atoms with Gasteiger partial charge in [0.15, 0.2) is 16.6 Å². The lowest BCUT2D eigenvalue weighted by molar-refractivity contribution is -0.142. The molecular formula is C22H21N3O5S. The van der Waals surface area contributed by atoms with Crippen molar-refractivity contribution < 1.29 is 23.9 Å². The van der Waals surface area contributed by atoms with Gasteiger partial charge in [-0.1, -0.05) is 18.2 Å². The number of carbonyl (C=O) groups excluding carboxylic acids is 3. The number of aryl methyl sites for hydroxylation is 1. The predicted molar refractivity (Wildman–Crippen MR) is 113 cm³/mol. The normalized spacial score (nSPS) is 21.5. The summed E-state index contributed by atoms with van der Waals surface area (Å²) in [5.74, 6) is -0.136. The van der Waals surface area contributed by atoms with E-state index in [4.69, 9.17) is 9.47 Å². The Bertz CT molecular complexity index is 1080. The molecule has 1 aliphatic carbocycles. The SMILES string of the molecule is Cc1nc(NC(=O)CN2C(=O)C3CC=CCC3C2=O)sc1Cc1ccc2c(c1)OCO2. The van der Waals surface area contributed by atoms with Crippen molar-refractivity contribution in [1.82, 2.24) is 9.88 Å². The molecule has 2 aliphatic heterocycles. The third-order valence-corrected chi connectivity index (χ3v) is 6.91. The molecule has 0 saturated carbocycles.